The van der Waals surface area contributed by atoms with Gasteiger partial charge < -0.3 is 19.8 Å². The van der Waals surface area contributed by atoms with E-state index in [1.165, 1.54) is 22.5 Å². The molecule has 2 aromatic heterocycles. The van der Waals surface area contributed by atoms with Crippen molar-refractivity contribution in [3.05, 3.63) is 47.4 Å². The number of imidazole rings is 1. The SMILES string of the molecule is [C-]#[N+]c1cnc2c(Nc3ccc(C(=O)N4CCOCC4)cc3)nc(SC)nn12. The number of fused-ring (bicyclic) bond motifs is 1. The van der Waals surface area contributed by atoms with Crippen molar-refractivity contribution in [3.63, 3.8) is 0 Å². The Labute approximate surface area is 165 Å². The maximum Gasteiger partial charge on any atom is 0.275 e. The molecule has 1 aliphatic heterocycles. The number of hydrogen-bond donors (Lipinski definition) is 1. The Hall–Kier alpha value is -3.16. The van der Waals surface area contributed by atoms with Crippen molar-refractivity contribution in [3.8, 4) is 0 Å². The summed E-state index contributed by atoms with van der Waals surface area (Å²) in [6, 6.07) is 7.21. The highest BCUT2D eigenvalue weighted by Gasteiger charge is 2.19. The number of anilines is 2. The molecule has 0 aliphatic carbocycles. The Balaban J connectivity index is 1.58. The monoisotopic (exact) mass is 395 g/mol. The van der Waals surface area contributed by atoms with Crippen LogP contribution >= 0.6 is 11.8 Å². The molecule has 1 amide bonds. The summed E-state index contributed by atoms with van der Waals surface area (Å²) in [4.78, 5) is 26.5. The summed E-state index contributed by atoms with van der Waals surface area (Å²) in [5, 5.41) is 8.04. The van der Waals surface area contributed by atoms with E-state index in [1.807, 2.05) is 18.4 Å². The van der Waals surface area contributed by atoms with Crippen LogP contribution in [0.5, 0.6) is 0 Å². The predicted octanol–water partition coefficient (Wildman–Crippen LogP) is 2.61. The summed E-state index contributed by atoms with van der Waals surface area (Å²) in [6.07, 6.45) is 3.34. The highest BCUT2D eigenvalue weighted by atomic mass is 32.2. The molecule has 1 aliphatic rings. The Morgan fingerprint density at radius 1 is 1.29 bits per heavy atom. The van der Waals surface area contributed by atoms with Crippen LogP contribution in [0.1, 0.15) is 10.4 Å². The standard InChI is InChI=1S/C18H17N7O2S/c1-19-14-11-20-16-15(22-18(28-2)23-25(14)16)21-13-5-3-12(4-6-13)17(26)24-7-9-27-10-8-24/h3-6,11H,7-10H2,2H3,(H,21,22,23). The number of hydrogen-bond acceptors (Lipinski definition) is 7. The molecular weight excluding hydrogens is 378 g/mol. The zero-order chi connectivity index (χ0) is 19.5. The quantitative estimate of drug-likeness (QED) is 0.536. The van der Waals surface area contributed by atoms with E-state index < -0.39 is 0 Å². The first-order valence-electron chi connectivity index (χ1n) is 8.61. The summed E-state index contributed by atoms with van der Waals surface area (Å²) >= 11 is 1.38. The molecule has 0 radical (unpaired) electrons. The smallest absolute Gasteiger partial charge is 0.275 e. The van der Waals surface area contributed by atoms with E-state index in [1.54, 1.807) is 17.0 Å². The number of thioether (sulfide) groups is 1. The van der Waals surface area contributed by atoms with E-state index in [0.29, 0.717) is 54.3 Å². The molecule has 3 aromatic rings. The Morgan fingerprint density at radius 2 is 2.04 bits per heavy atom. The van der Waals surface area contributed by atoms with Crippen molar-refractivity contribution in [2.45, 2.75) is 5.16 Å². The minimum Gasteiger partial charge on any atom is -0.378 e. The van der Waals surface area contributed by atoms with E-state index in [-0.39, 0.29) is 5.91 Å². The number of amides is 1. The van der Waals surface area contributed by atoms with Gasteiger partial charge in [-0.15, -0.1) is 4.52 Å². The maximum absolute atomic E-state index is 12.5. The topological polar surface area (TPSA) is 89.0 Å². The van der Waals surface area contributed by atoms with Crippen LogP contribution in [-0.2, 0) is 4.74 Å². The summed E-state index contributed by atoms with van der Waals surface area (Å²) in [6.45, 7) is 9.61. The summed E-state index contributed by atoms with van der Waals surface area (Å²) in [5.74, 6) is 0.822. The highest BCUT2D eigenvalue weighted by Crippen LogP contribution is 2.25. The van der Waals surface area contributed by atoms with E-state index in [0.717, 1.165) is 5.69 Å². The van der Waals surface area contributed by atoms with Crippen LogP contribution in [-0.4, -0.2) is 62.9 Å². The van der Waals surface area contributed by atoms with Crippen molar-refractivity contribution < 1.29 is 9.53 Å². The van der Waals surface area contributed by atoms with E-state index in [9.17, 15) is 4.79 Å². The molecule has 28 heavy (non-hydrogen) atoms. The number of carbonyl (C=O) groups is 1. The molecule has 0 bridgehead atoms. The molecule has 0 atom stereocenters. The molecular formula is C18H17N7O2S. The van der Waals surface area contributed by atoms with Crippen LogP contribution < -0.4 is 5.32 Å². The predicted molar refractivity (Wildman–Crippen MR) is 105 cm³/mol. The number of rotatable bonds is 4. The second-order valence-electron chi connectivity index (χ2n) is 6.02. The zero-order valence-corrected chi connectivity index (χ0v) is 15.9. The molecule has 0 unspecified atom stereocenters. The number of aromatic nitrogens is 4. The Bertz CT molecular complexity index is 1050. The number of carbonyl (C=O) groups excluding carboxylic acids is 1. The lowest BCUT2D eigenvalue weighted by Gasteiger charge is -2.26. The Kier molecular flexibility index (Phi) is 5.10. The molecule has 0 spiro atoms. The van der Waals surface area contributed by atoms with Gasteiger partial charge in [-0.3, -0.25) is 4.79 Å². The van der Waals surface area contributed by atoms with E-state index >= 15 is 0 Å². The molecule has 9 nitrogen and oxygen atoms in total. The summed E-state index contributed by atoms with van der Waals surface area (Å²) < 4.78 is 6.77. The van der Waals surface area contributed by atoms with E-state index in [4.69, 9.17) is 11.3 Å². The second kappa shape index (κ2) is 7.84. The first-order chi connectivity index (χ1) is 13.7. The third-order valence-electron chi connectivity index (χ3n) is 4.31. The van der Waals surface area contributed by atoms with Crippen molar-refractivity contribution in [2.24, 2.45) is 0 Å². The number of benzene rings is 1. The molecule has 0 saturated carbocycles. The van der Waals surface area contributed by atoms with Gasteiger partial charge in [-0.25, -0.2) is 4.98 Å². The van der Waals surface area contributed by atoms with Gasteiger partial charge in [0, 0.05) is 24.3 Å². The molecule has 3 heterocycles. The molecule has 1 N–H and O–H groups in total. The molecule has 10 heteroatoms. The normalized spacial score (nSPS) is 14.1. The maximum atomic E-state index is 12.5. The lowest BCUT2D eigenvalue weighted by molar-refractivity contribution is 0.0303. The largest absolute Gasteiger partial charge is 0.378 e. The van der Waals surface area contributed by atoms with Crippen molar-refractivity contribution in [1.29, 1.82) is 0 Å². The molecule has 1 saturated heterocycles. The van der Waals surface area contributed by atoms with Crippen LogP contribution in [0, 0.1) is 6.57 Å². The Morgan fingerprint density at radius 3 is 2.71 bits per heavy atom. The zero-order valence-electron chi connectivity index (χ0n) is 15.1. The van der Waals surface area contributed by atoms with Crippen molar-refractivity contribution in [1.82, 2.24) is 24.5 Å². The third kappa shape index (κ3) is 3.49. The fraction of sp³-hybridized carbons (Fsp3) is 0.278. The first kappa shape index (κ1) is 18.2. The lowest BCUT2D eigenvalue weighted by atomic mass is 10.1. The molecule has 1 aromatic carbocycles. The summed E-state index contributed by atoms with van der Waals surface area (Å²) in [5.41, 5.74) is 1.86. The average Bonchev–Trinajstić information content (AvgIpc) is 3.17. The van der Waals surface area contributed by atoms with Gasteiger partial charge in [0.2, 0.25) is 11.0 Å². The number of nitrogens with zero attached hydrogens (tertiary/aromatic N) is 6. The van der Waals surface area contributed by atoms with Gasteiger partial charge >= 0.3 is 0 Å². The molecule has 4 rings (SSSR count). The van der Waals surface area contributed by atoms with Gasteiger partial charge in [0.15, 0.2) is 0 Å². The molecule has 1 fully saturated rings. The second-order valence-corrected chi connectivity index (χ2v) is 6.79. The van der Waals surface area contributed by atoms with Gasteiger partial charge in [-0.1, -0.05) is 23.4 Å². The van der Waals surface area contributed by atoms with Gasteiger partial charge in [-0.05, 0) is 30.5 Å². The van der Waals surface area contributed by atoms with Crippen LogP contribution in [0.4, 0.5) is 17.3 Å². The van der Waals surface area contributed by atoms with Gasteiger partial charge in [0.1, 0.15) is 0 Å². The highest BCUT2D eigenvalue weighted by molar-refractivity contribution is 7.98. The lowest BCUT2D eigenvalue weighted by Crippen LogP contribution is -2.40. The average molecular weight is 395 g/mol. The fourth-order valence-corrected chi connectivity index (χ4v) is 3.22. The van der Waals surface area contributed by atoms with Crippen molar-refractivity contribution in [2.75, 3.05) is 37.9 Å². The minimum absolute atomic E-state index is 0.00102. The van der Waals surface area contributed by atoms with Gasteiger partial charge in [0.25, 0.3) is 17.4 Å². The van der Waals surface area contributed by atoms with Crippen LogP contribution in [0.3, 0.4) is 0 Å². The number of morpholine rings is 1. The number of nitrogens with one attached hydrogen (secondary N) is 1. The van der Waals surface area contributed by atoms with E-state index in [2.05, 4.69) is 25.2 Å². The number of ether oxygens (including phenoxy) is 1. The fourth-order valence-electron chi connectivity index (χ4n) is 2.88. The van der Waals surface area contributed by atoms with Crippen LogP contribution in [0.15, 0.2) is 35.6 Å². The third-order valence-corrected chi connectivity index (χ3v) is 4.85. The summed E-state index contributed by atoms with van der Waals surface area (Å²) in [7, 11) is 0. The van der Waals surface area contributed by atoms with Crippen LogP contribution in [0.25, 0.3) is 10.5 Å². The van der Waals surface area contributed by atoms with Crippen molar-refractivity contribution >= 4 is 40.6 Å². The minimum atomic E-state index is -0.00102. The first-order valence-corrected chi connectivity index (χ1v) is 9.83. The molecule has 142 valence electrons. The van der Waals surface area contributed by atoms with Gasteiger partial charge in [0.05, 0.1) is 19.4 Å². The van der Waals surface area contributed by atoms with Crippen LogP contribution in [0.2, 0.25) is 0 Å². The van der Waals surface area contributed by atoms with Gasteiger partial charge in [-0.2, -0.15) is 4.98 Å².